The first-order valence-electron chi connectivity index (χ1n) is 13.9. The quantitative estimate of drug-likeness (QED) is 0.519. The molecule has 212 valence electrons. The molecule has 1 saturated heterocycles. The lowest BCUT2D eigenvalue weighted by Gasteiger charge is -2.38. The van der Waals surface area contributed by atoms with Crippen LogP contribution in [0.3, 0.4) is 0 Å². The Morgan fingerprint density at radius 2 is 1.88 bits per heavy atom. The molecule has 2 aromatic rings. The molecule has 1 aliphatic heterocycles. The summed E-state index contributed by atoms with van der Waals surface area (Å²) in [6.07, 6.45) is 2.87. The molecule has 2 heterocycles. The highest BCUT2D eigenvalue weighted by atomic mass is 16.5. The lowest BCUT2D eigenvalue weighted by Crippen LogP contribution is -2.60. The highest BCUT2D eigenvalue weighted by molar-refractivity contribution is 5.95. The first-order chi connectivity index (χ1) is 18.9. The van der Waals surface area contributed by atoms with E-state index in [-0.39, 0.29) is 35.0 Å². The van der Waals surface area contributed by atoms with Gasteiger partial charge in [-0.15, -0.1) is 0 Å². The Kier molecular flexibility index (Phi) is 7.07. The number of rotatable bonds is 8. The van der Waals surface area contributed by atoms with Gasteiger partial charge in [-0.2, -0.15) is 15.5 Å². The Morgan fingerprint density at radius 3 is 2.50 bits per heavy atom. The monoisotopic (exact) mass is 546 g/mol. The fourth-order valence-corrected chi connectivity index (χ4v) is 6.42. The van der Waals surface area contributed by atoms with Crippen molar-refractivity contribution in [2.45, 2.75) is 71.7 Å². The third-order valence-electron chi connectivity index (χ3n) is 9.01. The summed E-state index contributed by atoms with van der Waals surface area (Å²) in [4.78, 5) is 42.8. The average Bonchev–Trinajstić information content (AvgIpc) is 3.78. The number of nitrogens with zero attached hydrogens (tertiary/aromatic N) is 4. The molecule has 10 heteroatoms. The number of ether oxygens (including phenoxy) is 1. The fourth-order valence-electron chi connectivity index (χ4n) is 6.42. The number of piperidine rings is 1. The molecule has 0 radical (unpaired) electrons. The van der Waals surface area contributed by atoms with Gasteiger partial charge < -0.3 is 20.3 Å². The van der Waals surface area contributed by atoms with E-state index in [0.29, 0.717) is 12.2 Å². The molecule has 10 nitrogen and oxygen atoms in total. The number of carbonyl (C=O) groups is 3. The van der Waals surface area contributed by atoms with Gasteiger partial charge in [0, 0.05) is 24.4 Å². The van der Waals surface area contributed by atoms with Crippen molar-refractivity contribution in [1.82, 2.24) is 25.7 Å². The van der Waals surface area contributed by atoms with Crippen LogP contribution in [0, 0.1) is 39.9 Å². The van der Waals surface area contributed by atoms with E-state index < -0.39 is 35.6 Å². The number of nitriles is 1. The van der Waals surface area contributed by atoms with E-state index >= 15 is 0 Å². The molecule has 5 rings (SSSR count). The minimum atomic E-state index is -1.04. The second-order valence-corrected chi connectivity index (χ2v) is 13.1. The lowest BCUT2D eigenvalue weighted by molar-refractivity contribution is -0.147. The minimum Gasteiger partial charge on any atom is -0.371 e. The summed E-state index contributed by atoms with van der Waals surface area (Å²) in [6, 6.07) is 6.93. The molecule has 3 fully saturated rings. The number of hydrogen-bond acceptors (Lipinski definition) is 7. The van der Waals surface area contributed by atoms with Crippen LogP contribution >= 0.6 is 0 Å². The molecule has 3 amide bonds. The molecule has 3 aliphatic rings. The van der Waals surface area contributed by atoms with Crippen molar-refractivity contribution in [3.8, 4) is 6.07 Å². The van der Waals surface area contributed by atoms with Crippen molar-refractivity contribution < 1.29 is 19.1 Å². The van der Waals surface area contributed by atoms with Crippen molar-refractivity contribution in [3.05, 3.63) is 36.2 Å². The number of fused-ring (bicyclic) bond motifs is 2. The minimum absolute atomic E-state index is 0.0519. The van der Waals surface area contributed by atoms with E-state index in [1.807, 2.05) is 45.0 Å². The number of aromatic nitrogens is 2. The van der Waals surface area contributed by atoms with Gasteiger partial charge in [-0.1, -0.05) is 58.9 Å². The first kappa shape index (κ1) is 28.0. The maximum absolute atomic E-state index is 14.1. The molecule has 2 saturated carbocycles. The molecule has 2 aliphatic carbocycles. The van der Waals surface area contributed by atoms with Crippen LogP contribution in [0.2, 0.25) is 0 Å². The first-order valence-corrected chi connectivity index (χ1v) is 13.9. The van der Waals surface area contributed by atoms with E-state index in [9.17, 15) is 19.6 Å². The van der Waals surface area contributed by atoms with Gasteiger partial charge in [0.2, 0.25) is 17.7 Å². The maximum Gasteiger partial charge on any atom is 0.250 e. The van der Waals surface area contributed by atoms with Gasteiger partial charge in [-0.25, -0.2) is 0 Å². The number of likely N-dealkylation sites (tertiary alicyclic amines) is 1. The normalized spacial score (nSPS) is 25.3. The maximum atomic E-state index is 14.1. The Balaban J connectivity index is 1.40. The van der Waals surface area contributed by atoms with Gasteiger partial charge in [0.1, 0.15) is 23.9 Å². The van der Waals surface area contributed by atoms with Gasteiger partial charge in [0.15, 0.2) is 6.04 Å². The molecule has 3 unspecified atom stereocenters. The van der Waals surface area contributed by atoms with E-state index in [1.54, 1.807) is 11.1 Å². The molecule has 0 spiro atoms. The highest BCUT2D eigenvalue weighted by Gasteiger charge is 2.70. The zero-order valence-electron chi connectivity index (χ0n) is 24.0. The summed E-state index contributed by atoms with van der Waals surface area (Å²) in [7, 11) is 1.51. The molecule has 2 N–H and O–H groups in total. The summed E-state index contributed by atoms with van der Waals surface area (Å²) in [5.41, 5.74) is -0.360. The predicted molar refractivity (Wildman–Crippen MR) is 147 cm³/mol. The number of nitrogens with one attached hydrogen (secondary N) is 2. The fraction of sp³-hybridized carbons (Fsp3) is 0.600. The standard InChI is InChI=1S/C30H38N6O4/c1-29(2,3)25(34-27(38)24(40-6)16-11-12-16)28(39)36-15-19-21(30(19,4)5)23(36)26(37)33-20(13-31)22-18-10-8-7-9-17(18)14-32-35-22/h7-10,14,16,19-21,23-25H,11-12,15H2,1-6H3,(H,33,37)(H,34,38)/t19-,20?,21-,23-,24?,25?/m0/s1. The zero-order chi connectivity index (χ0) is 29.0. The molecule has 6 atom stereocenters. The summed E-state index contributed by atoms with van der Waals surface area (Å²) >= 11 is 0. The third kappa shape index (κ3) is 4.92. The summed E-state index contributed by atoms with van der Waals surface area (Å²) < 4.78 is 5.45. The van der Waals surface area contributed by atoms with Crippen LogP contribution in [-0.2, 0) is 19.1 Å². The molecule has 1 aromatic carbocycles. The SMILES string of the molecule is COC(C(=O)NC(C(=O)N1C[C@H]2[C@@H]([C@H]1C(=O)NC(C#N)c1nncc3ccccc13)C2(C)C)C(C)(C)C)C1CC1. The van der Waals surface area contributed by atoms with Crippen LogP contribution in [-0.4, -0.2) is 64.7 Å². The lowest BCUT2D eigenvalue weighted by atomic mass is 9.85. The van der Waals surface area contributed by atoms with E-state index in [0.717, 1.165) is 23.6 Å². The average molecular weight is 547 g/mol. The van der Waals surface area contributed by atoms with Crippen molar-refractivity contribution in [2.75, 3.05) is 13.7 Å². The van der Waals surface area contributed by atoms with Crippen LogP contribution in [0.4, 0.5) is 0 Å². The van der Waals surface area contributed by atoms with E-state index in [2.05, 4.69) is 40.7 Å². The second-order valence-electron chi connectivity index (χ2n) is 13.1. The topological polar surface area (TPSA) is 137 Å². The number of methoxy groups -OCH3 is 1. The van der Waals surface area contributed by atoms with Crippen LogP contribution in [0.1, 0.15) is 59.2 Å². The van der Waals surface area contributed by atoms with Crippen molar-refractivity contribution in [1.29, 1.82) is 5.26 Å². The highest BCUT2D eigenvalue weighted by Crippen LogP contribution is 2.65. The summed E-state index contributed by atoms with van der Waals surface area (Å²) in [5.74, 6) is -0.737. The van der Waals surface area contributed by atoms with Crippen LogP contribution < -0.4 is 10.6 Å². The molecular weight excluding hydrogens is 508 g/mol. The van der Waals surface area contributed by atoms with Gasteiger partial charge in [0.25, 0.3) is 0 Å². The Hall–Kier alpha value is -3.58. The largest absolute Gasteiger partial charge is 0.371 e. The smallest absolute Gasteiger partial charge is 0.250 e. The number of carbonyl (C=O) groups excluding carboxylic acids is 3. The summed E-state index contributed by atoms with van der Waals surface area (Å²) in [6.45, 7) is 10.3. The molecule has 1 aromatic heterocycles. The molecule has 40 heavy (non-hydrogen) atoms. The van der Waals surface area contributed by atoms with Gasteiger partial charge >= 0.3 is 0 Å². The van der Waals surface area contributed by atoms with Crippen LogP contribution in [0.5, 0.6) is 0 Å². The second kappa shape index (κ2) is 10.1. The number of benzene rings is 1. The molecule has 0 bridgehead atoms. The number of amides is 3. The van der Waals surface area contributed by atoms with Gasteiger partial charge in [-0.3, -0.25) is 14.4 Å². The van der Waals surface area contributed by atoms with Crippen LogP contribution in [0.15, 0.2) is 30.5 Å². The molecular formula is C30H38N6O4. The Labute approximate surface area is 234 Å². The Morgan fingerprint density at radius 1 is 1.18 bits per heavy atom. The van der Waals surface area contributed by atoms with Gasteiger partial charge in [0.05, 0.1) is 12.3 Å². The van der Waals surface area contributed by atoms with Crippen molar-refractivity contribution in [3.63, 3.8) is 0 Å². The van der Waals surface area contributed by atoms with Crippen molar-refractivity contribution in [2.24, 2.45) is 28.6 Å². The van der Waals surface area contributed by atoms with Crippen LogP contribution in [0.25, 0.3) is 10.8 Å². The zero-order valence-corrected chi connectivity index (χ0v) is 24.0. The third-order valence-corrected chi connectivity index (χ3v) is 9.01. The van der Waals surface area contributed by atoms with E-state index in [4.69, 9.17) is 4.74 Å². The predicted octanol–water partition coefficient (Wildman–Crippen LogP) is 2.75. The van der Waals surface area contributed by atoms with Gasteiger partial charge in [-0.05, 0) is 41.4 Å². The van der Waals surface area contributed by atoms with Crippen molar-refractivity contribution >= 4 is 28.5 Å². The number of hydrogen-bond donors (Lipinski definition) is 2. The Bertz CT molecular complexity index is 1370. The summed E-state index contributed by atoms with van der Waals surface area (Å²) in [5, 5.41) is 25.6. The van der Waals surface area contributed by atoms with E-state index in [1.165, 1.54) is 7.11 Å².